The number of nitrogens with zero attached hydrogens (tertiary/aromatic N) is 1. The number of aryl methyl sites for hydroxylation is 2. The average molecular weight is 296 g/mol. The molecule has 108 valence electrons. The monoisotopic (exact) mass is 296 g/mol. The first-order valence-corrected chi connectivity index (χ1v) is 7.44. The van der Waals surface area contributed by atoms with Crippen LogP contribution >= 0.6 is 0 Å². The van der Waals surface area contributed by atoms with Crippen LogP contribution in [0.4, 0.5) is 0 Å². The maximum atomic E-state index is 12.1. The summed E-state index contributed by atoms with van der Waals surface area (Å²) in [5, 5.41) is 8.24. The zero-order valence-corrected chi connectivity index (χ0v) is 12.2. The third-order valence-corrected chi connectivity index (χ3v) is 4.16. The Bertz CT molecular complexity index is 632. The number of carbonyl (C=O) groups excluding carboxylic acids is 1. The number of sulfonamides is 1. The third-order valence-electron chi connectivity index (χ3n) is 2.55. The lowest BCUT2D eigenvalue weighted by Gasteiger charge is -2.09. The zero-order valence-electron chi connectivity index (χ0n) is 11.3. The number of benzene rings is 1. The van der Waals surface area contributed by atoms with Crippen molar-refractivity contribution in [3.63, 3.8) is 0 Å². The number of ether oxygens (including phenoxy) is 1. The standard InChI is InChI=1S/C13H16N2O4S/c1-10-3-4-11(2)12(9-10)20(17,18)15-7-5-13(16)19-8-6-14/h3-4,9,15H,5,7-8H2,1-2H3. The van der Waals surface area contributed by atoms with E-state index in [1.54, 1.807) is 32.0 Å². The fraction of sp³-hybridized carbons (Fsp3) is 0.385. The second-order valence-corrected chi connectivity index (χ2v) is 5.97. The molecule has 0 aliphatic heterocycles. The van der Waals surface area contributed by atoms with E-state index in [1.807, 2.05) is 6.07 Å². The smallest absolute Gasteiger partial charge is 0.308 e. The van der Waals surface area contributed by atoms with Gasteiger partial charge in [-0.15, -0.1) is 0 Å². The number of hydrogen-bond acceptors (Lipinski definition) is 5. The first-order chi connectivity index (χ1) is 9.36. The van der Waals surface area contributed by atoms with Crippen molar-refractivity contribution < 1.29 is 17.9 Å². The Hall–Kier alpha value is -1.91. The van der Waals surface area contributed by atoms with Crippen LogP contribution in [-0.2, 0) is 19.6 Å². The number of nitriles is 1. The highest BCUT2D eigenvalue weighted by Crippen LogP contribution is 2.16. The number of hydrogen-bond donors (Lipinski definition) is 1. The minimum Gasteiger partial charge on any atom is -0.450 e. The largest absolute Gasteiger partial charge is 0.450 e. The fourth-order valence-electron chi connectivity index (χ4n) is 1.55. The Morgan fingerprint density at radius 3 is 2.75 bits per heavy atom. The number of rotatable bonds is 6. The SMILES string of the molecule is Cc1ccc(C)c(S(=O)(=O)NCCC(=O)OCC#N)c1. The molecule has 0 heterocycles. The molecule has 0 saturated heterocycles. The summed E-state index contributed by atoms with van der Waals surface area (Å²) < 4.78 is 31.0. The van der Waals surface area contributed by atoms with Crippen LogP contribution in [0.3, 0.4) is 0 Å². The van der Waals surface area contributed by atoms with E-state index >= 15 is 0 Å². The second kappa shape index (κ2) is 7.03. The van der Waals surface area contributed by atoms with Crippen molar-refractivity contribution in [3.8, 4) is 6.07 Å². The highest BCUT2D eigenvalue weighted by atomic mass is 32.2. The number of nitrogens with one attached hydrogen (secondary N) is 1. The van der Waals surface area contributed by atoms with Crippen molar-refractivity contribution in [3.05, 3.63) is 29.3 Å². The minimum absolute atomic E-state index is 0.0695. The average Bonchev–Trinajstić information content (AvgIpc) is 2.38. The summed E-state index contributed by atoms with van der Waals surface area (Å²) in [6.07, 6.45) is -0.119. The summed E-state index contributed by atoms with van der Waals surface area (Å²) in [7, 11) is -3.65. The minimum atomic E-state index is -3.65. The lowest BCUT2D eigenvalue weighted by molar-refractivity contribution is -0.142. The molecular formula is C13H16N2O4S. The van der Waals surface area contributed by atoms with Gasteiger partial charge in [0, 0.05) is 6.54 Å². The van der Waals surface area contributed by atoms with E-state index in [9.17, 15) is 13.2 Å². The lowest BCUT2D eigenvalue weighted by atomic mass is 10.2. The van der Waals surface area contributed by atoms with Crippen LogP contribution in [0.5, 0.6) is 0 Å². The van der Waals surface area contributed by atoms with Gasteiger partial charge in [-0.3, -0.25) is 4.79 Å². The highest BCUT2D eigenvalue weighted by Gasteiger charge is 2.17. The lowest BCUT2D eigenvalue weighted by Crippen LogP contribution is -2.27. The summed E-state index contributed by atoms with van der Waals surface area (Å²) in [6.45, 7) is 3.11. The van der Waals surface area contributed by atoms with Crippen LogP contribution in [0.15, 0.2) is 23.1 Å². The molecule has 0 radical (unpaired) electrons. The van der Waals surface area contributed by atoms with Gasteiger partial charge < -0.3 is 4.74 Å². The first kappa shape index (κ1) is 16.1. The molecule has 0 aliphatic carbocycles. The van der Waals surface area contributed by atoms with Gasteiger partial charge in [-0.05, 0) is 31.0 Å². The van der Waals surface area contributed by atoms with Crippen LogP contribution in [0.2, 0.25) is 0 Å². The Kier molecular flexibility index (Phi) is 5.67. The molecule has 0 atom stereocenters. The van der Waals surface area contributed by atoms with Gasteiger partial charge in [-0.1, -0.05) is 12.1 Å². The second-order valence-electron chi connectivity index (χ2n) is 4.24. The van der Waals surface area contributed by atoms with Crippen LogP contribution in [0, 0.1) is 25.2 Å². The molecule has 1 aromatic carbocycles. The summed E-state index contributed by atoms with van der Waals surface area (Å²) in [5.74, 6) is -0.616. The van der Waals surface area contributed by atoms with Crippen molar-refractivity contribution in [2.45, 2.75) is 25.2 Å². The molecule has 1 rings (SSSR count). The van der Waals surface area contributed by atoms with Crippen LogP contribution in [0.25, 0.3) is 0 Å². The van der Waals surface area contributed by atoms with Gasteiger partial charge in [0.1, 0.15) is 6.07 Å². The van der Waals surface area contributed by atoms with Gasteiger partial charge in [-0.2, -0.15) is 5.26 Å². The predicted molar refractivity (Wildman–Crippen MR) is 72.3 cm³/mol. The van der Waals surface area contributed by atoms with Crippen molar-refractivity contribution in [2.75, 3.05) is 13.2 Å². The van der Waals surface area contributed by atoms with Gasteiger partial charge in [0.05, 0.1) is 11.3 Å². The van der Waals surface area contributed by atoms with E-state index in [0.717, 1.165) is 5.56 Å². The number of esters is 1. The Labute approximate surface area is 118 Å². The van der Waals surface area contributed by atoms with Gasteiger partial charge >= 0.3 is 5.97 Å². The topological polar surface area (TPSA) is 96.3 Å². The van der Waals surface area contributed by atoms with Crippen molar-refractivity contribution in [1.29, 1.82) is 5.26 Å². The van der Waals surface area contributed by atoms with Gasteiger partial charge in [0.25, 0.3) is 0 Å². The molecule has 0 amide bonds. The molecule has 0 aromatic heterocycles. The van der Waals surface area contributed by atoms with Crippen molar-refractivity contribution in [1.82, 2.24) is 4.72 Å². The van der Waals surface area contributed by atoms with Crippen molar-refractivity contribution in [2.24, 2.45) is 0 Å². The molecule has 0 aliphatic rings. The summed E-state index contributed by atoms with van der Waals surface area (Å²) in [6, 6.07) is 6.79. The first-order valence-electron chi connectivity index (χ1n) is 5.96. The van der Waals surface area contributed by atoms with E-state index in [0.29, 0.717) is 5.56 Å². The predicted octanol–water partition coefficient (Wildman–Crippen LogP) is 1.04. The van der Waals surface area contributed by atoms with Gasteiger partial charge in [-0.25, -0.2) is 13.1 Å². The van der Waals surface area contributed by atoms with Crippen LogP contribution in [-0.4, -0.2) is 27.5 Å². The fourth-order valence-corrected chi connectivity index (χ4v) is 2.91. The third kappa shape index (κ3) is 4.64. The van der Waals surface area contributed by atoms with E-state index in [-0.39, 0.29) is 24.5 Å². The molecule has 0 spiro atoms. The molecule has 6 nitrogen and oxygen atoms in total. The highest BCUT2D eigenvalue weighted by molar-refractivity contribution is 7.89. The van der Waals surface area contributed by atoms with E-state index < -0.39 is 16.0 Å². The molecule has 7 heteroatoms. The summed E-state index contributed by atoms with van der Waals surface area (Å²) in [5.41, 5.74) is 1.47. The molecular weight excluding hydrogens is 280 g/mol. The molecule has 1 aromatic rings. The van der Waals surface area contributed by atoms with Gasteiger partial charge in [0.2, 0.25) is 10.0 Å². The Morgan fingerprint density at radius 1 is 1.40 bits per heavy atom. The molecule has 0 fully saturated rings. The molecule has 1 N–H and O–H groups in total. The van der Waals surface area contributed by atoms with Gasteiger partial charge in [0.15, 0.2) is 6.61 Å². The molecule has 0 bridgehead atoms. The molecule has 20 heavy (non-hydrogen) atoms. The summed E-state index contributed by atoms with van der Waals surface area (Å²) >= 11 is 0. The number of carbonyl (C=O) groups is 1. The van der Waals surface area contributed by atoms with Crippen LogP contribution < -0.4 is 4.72 Å². The normalized spacial score (nSPS) is 10.8. The Morgan fingerprint density at radius 2 is 2.10 bits per heavy atom. The van der Waals surface area contributed by atoms with E-state index in [1.165, 1.54) is 0 Å². The molecule has 0 saturated carbocycles. The van der Waals surface area contributed by atoms with E-state index in [4.69, 9.17) is 5.26 Å². The Balaban J connectivity index is 2.65. The summed E-state index contributed by atoms with van der Waals surface area (Å²) in [4.78, 5) is 11.3. The maximum absolute atomic E-state index is 12.1. The van der Waals surface area contributed by atoms with Crippen molar-refractivity contribution >= 4 is 16.0 Å². The van der Waals surface area contributed by atoms with Crippen LogP contribution in [0.1, 0.15) is 17.5 Å². The quantitative estimate of drug-likeness (QED) is 0.791. The maximum Gasteiger partial charge on any atom is 0.308 e. The zero-order chi connectivity index (χ0) is 15.2. The molecule has 0 unspecified atom stereocenters. The van der Waals surface area contributed by atoms with E-state index in [2.05, 4.69) is 9.46 Å².